The second kappa shape index (κ2) is 9.18. The van der Waals surface area contributed by atoms with Crippen LogP contribution in [-0.4, -0.2) is 42.6 Å². The number of nitrogens with zero attached hydrogens (tertiary/aromatic N) is 1. The zero-order valence-corrected chi connectivity index (χ0v) is 14.0. The zero-order valence-electron chi connectivity index (χ0n) is 10.9. The maximum atomic E-state index is 13.4. The van der Waals surface area contributed by atoms with Crippen LogP contribution in [0.3, 0.4) is 0 Å². The van der Waals surface area contributed by atoms with Gasteiger partial charge in [-0.1, -0.05) is 23.2 Å². The largest absolute Gasteiger partial charge is 0.507 e. The number of aromatic hydroxyl groups is 1. The van der Waals surface area contributed by atoms with Gasteiger partial charge in [0.05, 0.1) is 5.02 Å². The minimum Gasteiger partial charge on any atom is -0.507 e. The van der Waals surface area contributed by atoms with Crippen molar-refractivity contribution < 1.29 is 13.9 Å². The Balaban J connectivity index is 0.00000200. The Morgan fingerprint density at radius 1 is 1.14 bits per heavy atom. The van der Waals surface area contributed by atoms with Crippen LogP contribution in [0.25, 0.3) is 0 Å². The van der Waals surface area contributed by atoms with Crippen LogP contribution < -0.4 is 5.32 Å². The molecule has 0 amide bonds. The lowest BCUT2D eigenvalue weighted by molar-refractivity contribution is 0.0171. The van der Waals surface area contributed by atoms with Gasteiger partial charge in [-0.25, -0.2) is 8.78 Å². The van der Waals surface area contributed by atoms with E-state index in [0.717, 1.165) is 0 Å². The fourth-order valence-electron chi connectivity index (χ4n) is 2.29. The SMILES string of the molecule is Cl.Cl.Oc1cc(Cl)cc(Cl)c1[C@H](C(F)F)N1CCNCC1. The summed E-state index contributed by atoms with van der Waals surface area (Å²) >= 11 is 11.7. The first-order valence-electron chi connectivity index (χ1n) is 5.91. The van der Waals surface area contributed by atoms with Gasteiger partial charge in [-0.2, -0.15) is 0 Å². The van der Waals surface area contributed by atoms with E-state index in [9.17, 15) is 13.9 Å². The smallest absolute Gasteiger partial charge is 0.258 e. The van der Waals surface area contributed by atoms with Gasteiger partial charge < -0.3 is 10.4 Å². The van der Waals surface area contributed by atoms with E-state index >= 15 is 0 Å². The molecule has 1 fully saturated rings. The Morgan fingerprint density at radius 2 is 1.71 bits per heavy atom. The van der Waals surface area contributed by atoms with Crippen LogP contribution in [0, 0.1) is 0 Å². The molecule has 3 nitrogen and oxygen atoms in total. The van der Waals surface area contributed by atoms with Crippen LogP contribution in [0.4, 0.5) is 8.78 Å². The number of hydrogen-bond acceptors (Lipinski definition) is 3. The molecule has 1 aromatic carbocycles. The molecule has 1 aromatic rings. The summed E-state index contributed by atoms with van der Waals surface area (Å²) in [6.45, 7) is 2.23. The first-order valence-corrected chi connectivity index (χ1v) is 6.67. The molecular formula is C12H16Cl4F2N2O. The van der Waals surface area contributed by atoms with E-state index in [-0.39, 0.29) is 46.2 Å². The highest BCUT2D eigenvalue weighted by molar-refractivity contribution is 6.35. The Labute approximate surface area is 144 Å². The van der Waals surface area contributed by atoms with Gasteiger partial charge in [0.2, 0.25) is 0 Å². The van der Waals surface area contributed by atoms with Crippen LogP contribution >= 0.6 is 48.0 Å². The van der Waals surface area contributed by atoms with Crippen molar-refractivity contribution in [1.82, 2.24) is 10.2 Å². The van der Waals surface area contributed by atoms with Crippen molar-refractivity contribution in [3.63, 3.8) is 0 Å². The third-order valence-electron chi connectivity index (χ3n) is 3.15. The monoisotopic (exact) mass is 382 g/mol. The molecule has 0 radical (unpaired) electrons. The number of halogens is 6. The van der Waals surface area contributed by atoms with Crippen molar-refractivity contribution in [3.8, 4) is 5.75 Å². The van der Waals surface area contributed by atoms with Crippen LogP contribution in [0.15, 0.2) is 12.1 Å². The predicted molar refractivity (Wildman–Crippen MR) is 85.8 cm³/mol. The summed E-state index contributed by atoms with van der Waals surface area (Å²) in [4.78, 5) is 1.62. The summed E-state index contributed by atoms with van der Waals surface area (Å²) in [5.41, 5.74) is 0.0444. The Hall–Kier alpha value is -0.0400. The predicted octanol–water partition coefficient (Wildman–Crippen LogP) is 3.75. The molecular weight excluding hydrogens is 368 g/mol. The number of phenolic OH excluding ortho intramolecular Hbond substituents is 1. The summed E-state index contributed by atoms with van der Waals surface area (Å²) < 4.78 is 26.7. The summed E-state index contributed by atoms with van der Waals surface area (Å²) in [7, 11) is 0. The maximum absolute atomic E-state index is 13.4. The van der Waals surface area contributed by atoms with Crippen LogP contribution in [0.2, 0.25) is 10.0 Å². The second-order valence-electron chi connectivity index (χ2n) is 4.39. The molecule has 0 spiro atoms. The molecule has 0 bridgehead atoms. The lowest BCUT2D eigenvalue weighted by Crippen LogP contribution is -2.47. The third kappa shape index (κ3) is 4.98. The van der Waals surface area contributed by atoms with E-state index < -0.39 is 12.5 Å². The molecule has 122 valence electrons. The number of rotatable bonds is 3. The van der Waals surface area contributed by atoms with Crippen molar-refractivity contribution in [1.29, 1.82) is 0 Å². The van der Waals surface area contributed by atoms with E-state index in [2.05, 4.69) is 5.32 Å². The van der Waals surface area contributed by atoms with Crippen LogP contribution in [-0.2, 0) is 0 Å². The molecule has 0 aromatic heterocycles. The van der Waals surface area contributed by atoms with Crippen molar-refractivity contribution in [2.24, 2.45) is 0 Å². The highest BCUT2D eigenvalue weighted by Gasteiger charge is 2.33. The van der Waals surface area contributed by atoms with Crippen LogP contribution in [0.1, 0.15) is 11.6 Å². The molecule has 1 aliphatic rings. The van der Waals surface area contributed by atoms with Crippen molar-refractivity contribution >= 4 is 48.0 Å². The molecule has 0 saturated carbocycles. The van der Waals surface area contributed by atoms with Gasteiger partial charge >= 0.3 is 0 Å². The molecule has 21 heavy (non-hydrogen) atoms. The number of hydrogen-bond donors (Lipinski definition) is 2. The summed E-state index contributed by atoms with van der Waals surface area (Å²) in [5, 5.41) is 13.3. The van der Waals surface area contributed by atoms with E-state index in [0.29, 0.717) is 26.2 Å². The molecule has 9 heteroatoms. The zero-order chi connectivity index (χ0) is 14.0. The fourth-order valence-corrected chi connectivity index (χ4v) is 2.89. The Kier molecular flexibility index (Phi) is 9.16. The van der Waals surface area contributed by atoms with Gasteiger partial charge in [-0.3, -0.25) is 4.90 Å². The van der Waals surface area contributed by atoms with Gasteiger partial charge in [-0.05, 0) is 12.1 Å². The molecule has 1 saturated heterocycles. The molecule has 2 rings (SSSR count). The van der Waals surface area contributed by atoms with Gasteiger partial charge in [0.25, 0.3) is 6.43 Å². The van der Waals surface area contributed by atoms with Crippen molar-refractivity contribution in [3.05, 3.63) is 27.7 Å². The first-order chi connectivity index (χ1) is 9.00. The highest BCUT2D eigenvalue weighted by Crippen LogP contribution is 2.40. The highest BCUT2D eigenvalue weighted by atomic mass is 35.5. The summed E-state index contributed by atoms with van der Waals surface area (Å²) in [5.74, 6) is -0.290. The van der Waals surface area contributed by atoms with E-state index in [1.54, 1.807) is 4.90 Å². The van der Waals surface area contributed by atoms with E-state index in [1.165, 1.54) is 12.1 Å². The van der Waals surface area contributed by atoms with Gasteiger partial charge in [-0.15, -0.1) is 24.8 Å². The number of benzene rings is 1. The number of alkyl halides is 2. The minimum atomic E-state index is -2.64. The maximum Gasteiger partial charge on any atom is 0.258 e. The average Bonchev–Trinajstić information content (AvgIpc) is 2.34. The van der Waals surface area contributed by atoms with Gasteiger partial charge in [0.15, 0.2) is 0 Å². The molecule has 1 heterocycles. The van der Waals surface area contributed by atoms with Gasteiger partial charge in [0.1, 0.15) is 11.8 Å². The molecule has 1 aliphatic heterocycles. The van der Waals surface area contributed by atoms with Gasteiger partial charge in [0, 0.05) is 36.8 Å². The van der Waals surface area contributed by atoms with Crippen molar-refractivity contribution in [2.45, 2.75) is 12.5 Å². The van der Waals surface area contributed by atoms with E-state index in [4.69, 9.17) is 23.2 Å². The lowest BCUT2D eigenvalue weighted by atomic mass is 10.0. The number of phenols is 1. The fraction of sp³-hybridized carbons (Fsp3) is 0.500. The van der Waals surface area contributed by atoms with E-state index in [1.807, 2.05) is 0 Å². The number of piperazine rings is 1. The quantitative estimate of drug-likeness (QED) is 0.834. The number of nitrogens with one attached hydrogen (secondary N) is 1. The molecule has 0 unspecified atom stereocenters. The first kappa shape index (κ1) is 21.0. The third-order valence-corrected chi connectivity index (χ3v) is 3.68. The Bertz CT molecular complexity index is 436. The van der Waals surface area contributed by atoms with Crippen LogP contribution in [0.5, 0.6) is 5.75 Å². The molecule has 2 N–H and O–H groups in total. The van der Waals surface area contributed by atoms with Crippen molar-refractivity contribution in [2.75, 3.05) is 26.2 Å². The second-order valence-corrected chi connectivity index (χ2v) is 5.23. The standard InChI is InChI=1S/C12H14Cl2F2N2O.2ClH/c13-7-5-8(14)10(9(19)6-7)11(12(15)16)18-3-1-17-2-4-18;;/h5-6,11-12,17,19H,1-4H2;2*1H/t11-;;/m1../s1. The Morgan fingerprint density at radius 3 is 2.19 bits per heavy atom. The lowest BCUT2D eigenvalue weighted by Gasteiger charge is -2.35. The summed E-state index contributed by atoms with van der Waals surface area (Å²) in [6, 6.07) is 1.39. The normalized spacial score (nSPS) is 17.0. The molecule has 0 aliphatic carbocycles. The minimum absolute atomic E-state index is 0. The average molecular weight is 384 g/mol. The summed E-state index contributed by atoms with van der Waals surface area (Å²) in [6.07, 6.45) is -2.64. The topological polar surface area (TPSA) is 35.5 Å². The molecule has 1 atom stereocenters.